The van der Waals surface area contributed by atoms with Gasteiger partial charge in [0.1, 0.15) is 0 Å². The van der Waals surface area contributed by atoms with E-state index in [-0.39, 0.29) is 11.8 Å². The predicted octanol–water partition coefficient (Wildman–Crippen LogP) is 4.59. The van der Waals surface area contributed by atoms with Crippen LogP contribution in [-0.4, -0.2) is 15.7 Å². The first-order valence-corrected chi connectivity index (χ1v) is 7.70. The summed E-state index contributed by atoms with van der Waals surface area (Å²) in [6, 6.07) is 4.30. The Balaban J connectivity index is 2.45. The van der Waals surface area contributed by atoms with E-state index in [9.17, 15) is 4.79 Å². The molecule has 4 heteroatoms. The minimum absolute atomic E-state index is 0.00136. The van der Waals surface area contributed by atoms with Crippen LogP contribution in [0.2, 0.25) is 0 Å². The monoisotopic (exact) mass is 295 g/mol. The summed E-state index contributed by atoms with van der Waals surface area (Å²) in [6.07, 6.45) is 0. The van der Waals surface area contributed by atoms with Gasteiger partial charge in [0.05, 0.1) is 11.4 Å². The van der Waals surface area contributed by atoms with Gasteiger partial charge in [-0.3, -0.25) is 4.79 Å². The fraction of sp³-hybridized carbons (Fsp3) is 0.400. The number of nitrogens with zero attached hydrogens (tertiary/aromatic N) is 1. The molecule has 0 saturated heterocycles. The zero-order valence-corrected chi connectivity index (χ0v) is 13.2. The molecule has 0 N–H and O–H groups in total. The molecule has 0 aliphatic carbocycles. The second-order valence-corrected chi connectivity index (χ2v) is 6.30. The van der Waals surface area contributed by atoms with E-state index in [0.29, 0.717) is 0 Å². The third-order valence-electron chi connectivity index (χ3n) is 3.52. The van der Waals surface area contributed by atoms with Gasteiger partial charge < -0.3 is 4.57 Å². The molecule has 2 heterocycles. The lowest BCUT2D eigenvalue weighted by atomic mass is 10.1. The zero-order chi connectivity index (χ0) is 14.2. The Kier molecular flexibility index (Phi) is 4.16. The van der Waals surface area contributed by atoms with Gasteiger partial charge in [0.15, 0.2) is 5.78 Å². The van der Waals surface area contributed by atoms with E-state index in [1.54, 1.807) is 18.3 Å². The smallest absolute Gasteiger partial charge is 0.182 e. The summed E-state index contributed by atoms with van der Waals surface area (Å²) in [6.45, 7) is 7.90. The molecule has 2 rings (SSSR count). The van der Waals surface area contributed by atoms with E-state index in [1.165, 1.54) is 5.56 Å². The molecule has 2 aromatic rings. The van der Waals surface area contributed by atoms with Gasteiger partial charge in [-0.2, -0.15) is 11.3 Å². The molecular formula is C15H18ClNOS. The molecule has 2 aromatic heterocycles. The van der Waals surface area contributed by atoms with Gasteiger partial charge in [-0.05, 0) is 56.2 Å². The summed E-state index contributed by atoms with van der Waals surface area (Å²) < 4.78 is 2.20. The minimum atomic E-state index is -0.481. The highest BCUT2D eigenvalue weighted by molar-refractivity contribution is 7.07. The number of aromatic nitrogens is 1. The number of Topliss-reactive ketones (excluding diaryl/α,β-unsaturated/α-hetero) is 1. The van der Waals surface area contributed by atoms with Crippen molar-refractivity contribution in [1.29, 1.82) is 0 Å². The van der Waals surface area contributed by atoms with Crippen LogP contribution in [0, 0.1) is 13.8 Å². The summed E-state index contributed by atoms with van der Waals surface area (Å²) in [5.74, 6) is -0.00136. The van der Waals surface area contributed by atoms with Crippen LogP contribution in [0.5, 0.6) is 0 Å². The average molecular weight is 296 g/mol. The van der Waals surface area contributed by atoms with Crippen LogP contribution in [0.3, 0.4) is 0 Å². The number of hydrogen-bond acceptors (Lipinski definition) is 2. The molecule has 0 aliphatic rings. The lowest BCUT2D eigenvalue weighted by Crippen LogP contribution is -2.14. The zero-order valence-electron chi connectivity index (χ0n) is 11.6. The van der Waals surface area contributed by atoms with Crippen molar-refractivity contribution >= 4 is 28.7 Å². The van der Waals surface area contributed by atoms with Crippen molar-refractivity contribution < 1.29 is 4.79 Å². The van der Waals surface area contributed by atoms with Crippen molar-refractivity contribution in [2.24, 2.45) is 0 Å². The standard InChI is InChI=1S/C15H18ClNOS/c1-9-7-14(15(18)10(2)16)12(4)17(9)11(3)13-5-6-19-8-13/h5-8,10-11H,1-4H3. The van der Waals surface area contributed by atoms with Crippen LogP contribution in [0.1, 0.15) is 47.2 Å². The van der Waals surface area contributed by atoms with Gasteiger partial charge >= 0.3 is 0 Å². The lowest BCUT2D eigenvalue weighted by Gasteiger charge is -2.18. The first kappa shape index (κ1) is 14.4. The van der Waals surface area contributed by atoms with E-state index < -0.39 is 5.38 Å². The second kappa shape index (κ2) is 5.51. The fourth-order valence-corrected chi connectivity index (χ4v) is 3.36. The van der Waals surface area contributed by atoms with E-state index in [2.05, 4.69) is 28.3 Å². The normalized spacial score (nSPS) is 14.4. The first-order chi connectivity index (χ1) is 8.93. The summed E-state index contributed by atoms with van der Waals surface area (Å²) in [5.41, 5.74) is 4.09. The molecule has 0 aliphatic heterocycles. The highest BCUT2D eigenvalue weighted by Gasteiger charge is 2.22. The third-order valence-corrected chi connectivity index (χ3v) is 4.42. The van der Waals surface area contributed by atoms with Crippen LogP contribution in [0.25, 0.3) is 0 Å². The molecule has 0 radical (unpaired) electrons. The minimum Gasteiger partial charge on any atom is -0.341 e. The van der Waals surface area contributed by atoms with Crippen LogP contribution in [0.15, 0.2) is 22.9 Å². The number of aryl methyl sites for hydroxylation is 1. The average Bonchev–Trinajstić information content (AvgIpc) is 2.96. The van der Waals surface area contributed by atoms with Gasteiger partial charge in [0.25, 0.3) is 0 Å². The summed E-state index contributed by atoms with van der Waals surface area (Å²) >= 11 is 7.61. The first-order valence-electron chi connectivity index (χ1n) is 6.32. The number of rotatable bonds is 4. The molecule has 0 spiro atoms. The van der Waals surface area contributed by atoms with Gasteiger partial charge in [-0.25, -0.2) is 0 Å². The van der Waals surface area contributed by atoms with Crippen molar-refractivity contribution in [1.82, 2.24) is 4.57 Å². The van der Waals surface area contributed by atoms with Gasteiger partial charge in [-0.1, -0.05) is 0 Å². The molecular weight excluding hydrogens is 278 g/mol. The van der Waals surface area contributed by atoms with Crippen molar-refractivity contribution in [2.45, 2.75) is 39.1 Å². The molecule has 0 aromatic carbocycles. The molecule has 19 heavy (non-hydrogen) atoms. The molecule has 0 bridgehead atoms. The van der Waals surface area contributed by atoms with Crippen molar-refractivity contribution in [2.75, 3.05) is 0 Å². The van der Waals surface area contributed by atoms with Crippen LogP contribution in [-0.2, 0) is 0 Å². The number of hydrogen-bond donors (Lipinski definition) is 0. The molecule has 0 saturated carbocycles. The highest BCUT2D eigenvalue weighted by atomic mass is 35.5. The molecule has 0 amide bonds. The van der Waals surface area contributed by atoms with E-state index in [0.717, 1.165) is 17.0 Å². The Morgan fingerprint density at radius 3 is 2.58 bits per heavy atom. The predicted molar refractivity (Wildman–Crippen MR) is 81.7 cm³/mol. The maximum absolute atomic E-state index is 12.1. The van der Waals surface area contributed by atoms with E-state index >= 15 is 0 Å². The van der Waals surface area contributed by atoms with E-state index in [4.69, 9.17) is 11.6 Å². The number of thiophene rings is 1. The molecule has 2 unspecified atom stereocenters. The molecule has 0 fully saturated rings. The van der Waals surface area contributed by atoms with Crippen LogP contribution < -0.4 is 0 Å². The Hall–Kier alpha value is -1.06. The lowest BCUT2D eigenvalue weighted by molar-refractivity contribution is 0.0991. The Morgan fingerprint density at radius 2 is 2.05 bits per heavy atom. The van der Waals surface area contributed by atoms with Crippen LogP contribution >= 0.6 is 22.9 Å². The van der Waals surface area contributed by atoms with Crippen LogP contribution in [0.4, 0.5) is 0 Å². The fourth-order valence-electron chi connectivity index (χ4n) is 2.50. The summed E-state index contributed by atoms with van der Waals surface area (Å²) in [4.78, 5) is 12.1. The molecule has 102 valence electrons. The number of alkyl halides is 1. The Morgan fingerprint density at radius 1 is 1.37 bits per heavy atom. The molecule has 2 nitrogen and oxygen atoms in total. The van der Waals surface area contributed by atoms with Crippen molar-refractivity contribution in [3.63, 3.8) is 0 Å². The maximum Gasteiger partial charge on any atom is 0.182 e. The summed E-state index contributed by atoms with van der Waals surface area (Å²) in [5, 5.41) is 3.74. The highest BCUT2D eigenvalue weighted by Crippen LogP contribution is 2.27. The largest absolute Gasteiger partial charge is 0.341 e. The number of carbonyl (C=O) groups excluding carboxylic acids is 1. The van der Waals surface area contributed by atoms with Gasteiger partial charge in [0, 0.05) is 17.0 Å². The number of halogens is 1. The number of carbonyl (C=O) groups is 1. The summed E-state index contributed by atoms with van der Waals surface area (Å²) in [7, 11) is 0. The van der Waals surface area contributed by atoms with Crippen molar-refractivity contribution in [3.05, 3.63) is 45.4 Å². The van der Waals surface area contributed by atoms with E-state index in [1.807, 2.05) is 19.9 Å². The third kappa shape index (κ3) is 2.63. The Bertz CT molecular complexity index is 584. The maximum atomic E-state index is 12.1. The Labute approximate surface area is 123 Å². The van der Waals surface area contributed by atoms with Crippen molar-refractivity contribution in [3.8, 4) is 0 Å². The molecule has 2 atom stereocenters. The van der Waals surface area contributed by atoms with Gasteiger partial charge in [0.2, 0.25) is 0 Å². The number of ketones is 1. The second-order valence-electron chi connectivity index (χ2n) is 4.87. The quantitative estimate of drug-likeness (QED) is 0.597. The SMILES string of the molecule is Cc1cc(C(=O)C(C)Cl)c(C)n1C(C)c1ccsc1. The van der Waals surface area contributed by atoms with Gasteiger partial charge in [-0.15, -0.1) is 11.6 Å². The topological polar surface area (TPSA) is 22.0 Å².